The van der Waals surface area contributed by atoms with Crippen LogP contribution in [0.4, 0.5) is 5.13 Å². The zero-order valence-electron chi connectivity index (χ0n) is 12.7. The number of nitrogens with one attached hydrogen (secondary N) is 2. The summed E-state index contributed by atoms with van der Waals surface area (Å²) in [5.41, 5.74) is 0.442. The van der Waals surface area contributed by atoms with Crippen molar-refractivity contribution in [2.75, 3.05) is 18.4 Å². The van der Waals surface area contributed by atoms with Crippen LogP contribution >= 0.6 is 11.3 Å². The van der Waals surface area contributed by atoms with Gasteiger partial charge in [-0.2, -0.15) is 5.10 Å². The molecule has 0 radical (unpaired) electrons. The molecule has 2 aromatic rings. The van der Waals surface area contributed by atoms with E-state index in [0.29, 0.717) is 16.9 Å². The molecule has 0 bridgehead atoms. The lowest BCUT2D eigenvalue weighted by atomic mass is 10.1. The number of piperidine rings is 1. The van der Waals surface area contributed by atoms with Gasteiger partial charge in [-0.05, 0) is 31.9 Å². The Morgan fingerprint density at radius 1 is 1.59 bits per heavy atom. The highest BCUT2D eigenvalue weighted by Crippen LogP contribution is 2.20. The molecule has 1 amide bonds. The second-order valence-corrected chi connectivity index (χ2v) is 6.63. The Bertz CT molecular complexity index is 629. The van der Waals surface area contributed by atoms with Gasteiger partial charge in [-0.25, -0.2) is 4.98 Å². The van der Waals surface area contributed by atoms with Gasteiger partial charge in [-0.1, -0.05) is 13.3 Å². The molecule has 1 saturated heterocycles. The zero-order valence-corrected chi connectivity index (χ0v) is 13.5. The number of amides is 1. The Morgan fingerprint density at radius 3 is 3.27 bits per heavy atom. The minimum absolute atomic E-state index is 0.195. The molecule has 0 saturated carbocycles. The van der Waals surface area contributed by atoms with Crippen molar-refractivity contribution in [2.45, 2.75) is 38.6 Å². The fourth-order valence-electron chi connectivity index (χ4n) is 2.61. The molecule has 1 aliphatic heterocycles. The summed E-state index contributed by atoms with van der Waals surface area (Å²) in [7, 11) is 0. The number of rotatable bonds is 5. The third kappa shape index (κ3) is 3.53. The summed E-state index contributed by atoms with van der Waals surface area (Å²) in [5, 5.41) is 11.2. The Morgan fingerprint density at radius 2 is 2.50 bits per heavy atom. The van der Waals surface area contributed by atoms with Crippen LogP contribution in [0.1, 0.15) is 47.6 Å². The first-order valence-corrected chi connectivity index (χ1v) is 8.60. The summed E-state index contributed by atoms with van der Waals surface area (Å²) in [6.45, 7) is 4.11. The smallest absolute Gasteiger partial charge is 0.277 e. The molecule has 118 valence electrons. The van der Waals surface area contributed by atoms with Gasteiger partial charge in [0.05, 0.1) is 6.04 Å². The average molecular weight is 319 g/mol. The molecule has 1 atom stereocenters. The van der Waals surface area contributed by atoms with Crippen molar-refractivity contribution in [1.82, 2.24) is 20.1 Å². The van der Waals surface area contributed by atoms with Gasteiger partial charge in [0.15, 0.2) is 10.8 Å². The quantitative estimate of drug-likeness (QED) is 0.888. The summed E-state index contributed by atoms with van der Waals surface area (Å²) < 4.78 is 1.89. The van der Waals surface area contributed by atoms with Crippen LogP contribution < -0.4 is 10.6 Å². The predicted octanol–water partition coefficient (Wildman–Crippen LogP) is 2.47. The molecule has 0 aliphatic carbocycles. The van der Waals surface area contributed by atoms with Crippen LogP contribution in [-0.4, -0.2) is 33.8 Å². The number of hydrogen-bond acceptors (Lipinski definition) is 5. The summed E-state index contributed by atoms with van der Waals surface area (Å²) in [6, 6.07) is 2.11. The van der Waals surface area contributed by atoms with Crippen molar-refractivity contribution in [2.24, 2.45) is 0 Å². The largest absolute Gasteiger partial charge is 0.315 e. The van der Waals surface area contributed by atoms with Crippen molar-refractivity contribution in [3.63, 3.8) is 0 Å². The van der Waals surface area contributed by atoms with E-state index < -0.39 is 0 Å². The van der Waals surface area contributed by atoms with Crippen molar-refractivity contribution in [1.29, 1.82) is 0 Å². The molecule has 1 unspecified atom stereocenters. The maximum atomic E-state index is 12.2. The molecule has 2 N–H and O–H groups in total. The van der Waals surface area contributed by atoms with Gasteiger partial charge in [0.1, 0.15) is 0 Å². The number of carbonyl (C=O) groups excluding carboxylic acids is 1. The molecule has 6 nitrogen and oxygen atoms in total. The second-order valence-electron chi connectivity index (χ2n) is 5.52. The SMILES string of the molecule is CCCc1cnc(NC(=O)c2ccn(C3CCCNC3)n2)s1. The van der Waals surface area contributed by atoms with Crippen molar-refractivity contribution >= 4 is 22.4 Å². The van der Waals surface area contributed by atoms with E-state index >= 15 is 0 Å². The van der Waals surface area contributed by atoms with E-state index in [2.05, 4.69) is 27.6 Å². The number of anilines is 1. The summed E-state index contributed by atoms with van der Waals surface area (Å²) in [4.78, 5) is 17.7. The normalized spacial score (nSPS) is 18.3. The van der Waals surface area contributed by atoms with Crippen LogP contribution in [0, 0.1) is 0 Å². The van der Waals surface area contributed by atoms with Crippen LogP contribution in [0.2, 0.25) is 0 Å². The molecular formula is C15H21N5OS. The van der Waals surface area contributed by atoms with Crippen molar-refractivity contribution in [3.8, 4) is 0 Å². The number of aromatic nitrogens is 3. The van der Waals surface area contributed by atoms with Crippen LogP contribution in [0.5, 0.6) is 0 Å². The predicted molar refractivity (Wildman–Crippen MR) is 87.4 cm³/mol. The molecule has 0 aromatic carbocycles. The highest BCUT2D eigenvalue weighted by molar-refractivity contribution is 7.15. The average Bonchev–Trinajstić information content (AvgIpc) is 3.18. The van der Waals surface area contributed by atoms with Crippen LogP contribution in [0.25, 0.3) is 0 Å². The number of hydrogen-bond donors (Lipinski definition) is 2. The number of aryl methyl sites for hydroxylation is 1. The van der Waals surface area contributed by atoms with E-state index in [0.717, 1.165) is 38.8 Å². The van der Waals surface area contributed by atoms with Crippen LogP contribution in [-0.2, 0) is 6.42 Å². The first-order valence-electron chi connectivity index (χ1n) is 7.78. The third-order valence-corrected chi connectivity index (χ3v) is 4.73. The van der Waals surface area contributed by atoms with E-state index in [9.17, 15) is 4.79 Å². The molecule has 2 aromatic heterocycles. The van der Waals surface area contributed by atoms with Gasteiger partial charge >= 0.3 is 0 Å². The zero-order chi connectivity index (χ0) is 15.4. The lowest BCUT2D eigenvalue weighted by Crippen LogP contribution is -2.32. The highest BCUT2D eigenvalue weighted by Gasteiger charge is 2.18. The maximum Gasteiger partial charge on any atom is 0.277 e. The van der Waals surface area contributed by atoms with E-state index in [-0.39, 0.29) is 5.91 Å². The van der Waals surface area contributed by atoms with E-state index in [1.807, 2.05) is 17.1 Å². The Hall–Kier alpha value is -1.73. The van der Waals surface area contributed by atoms with E-state index in [1.54, 1.807) is 6.07 Å². The first-order chi connectivity index (χ1) is 10.8. The van der Waals surface area contributed by atoms with Crippen LogP contribution in [0.3, 0.4) is 0 Å². The monoisotopic (exact) mass is 319 g/mol. The van der Waals surface area contributed by atoms with Gasteiger partial charge in [0.2, 0.25) is 0 Å². The van der Waals surface area contributed by atoms with Gasteiger partial charge in [0.25, 0.3) is 5.91 Å². The molecule has 3 rings (SSSR count). The van der Waals surface area contributed by atoms with Gasteiger partial charge in [-0.3, -0.25) is 14.8 Å². The molecular weight excluding hydrogens is 298 g/mol. The standard InChI is InChI=1S/C15H21N5OS/c1-2-4-12-10-17-15(22-12)18-14(21)13-6-8-20(19-13)11-5-3-7-16-9-11/h6,8,10-11,16H,2-5,7,9H2,1H3,(H,17,18,21). The Balaban J connectivity index is 1.63. The Labute approximate surface area is 133 Å². The fraction of sp³-hybridized carbons (Fsp3) is 0.533. The summed E-state index contributed by atoms with van der Waals surface area (Å²) >= 11 is 1.53. The molecule has 0 spiro atoms. The molecule has 3 heterocycles. The lowest BCUT2D eigenvalue weighted by Gasteiger charge is -2.22. The van der Waals surface area contributed by atoms with Crippen molar-refractivity contribution in [3.05, 3.63) is 29.0 Å². The topological polar surface area (TPSA) is 71.8 Å². The second kappa shape index (κ2) is 7.02. The third-order valence-electron chi connectivity index (χ3n) is 3.76. The summed E-state index contributed by atoms with van der Waals surface area (Å²) in [6.07, 6.45) is 8.03. The summed E-state index contributed by atoms with van der Waals surface area (Å²) in [5.74, 6) is -0.195. The molecule has 1 fully saturated rings. The first kappa shape index (κ1) is 15.2. The van der Waals surface area contributed by atoms with Crippen molar-refractivity contribution < 1.29 is 4.79 Å². The molecule has 1 aliphatic rings. The number of nitrogens with zero attached hydrogens (tertiary/aromatic N) is 3. The Kier molecular flexibility index (Phi) is 4.84. The molecule has 7 heteroatoms. The number of carbonyl (C=O) groups is 1. The van der Waals surface area contributed by atoms with E-state index in [1.165, 1.54) is 16.2 Å². The van der Waals surface area contributed by atoms with E-state index in [4.69, 9.17) is 0 Å². The fourth-order valence-corrected chi connectivity index (χ4v) is 3.52. The highest BCUT2D eigenvalue weighted by atomic mass is 32.1. The lowest BCUT2D eigenvalue weighted by molar-refractivity contribution is 0.102. The minimum Gasteiger partial charge on any atom is -0.315 e. The van der Waals surface area contributed by atoms with Gasteiger partial charge < -0.3 is 5.32 Å². The van der Waals surface area contributed by atoms with Gasteiger partial charge in [-0.15, -0.1) is 11.3 Å². The molecule has 22 heavy (non-hydrogen) atoms. The minimum atomic E-state index is -0.195. The van der Waals surface area contributed by atoms with Gasteiger partial charge in [0, 0.05) is 23.8 Å². The van der Waals surface area contributed by atoms with Crippen LogP contribution in [0.15, 0.2) is 18.5 Å². The maximum absolute atomic E-state index is 12.2. The number of thiazole rings is 1.